The van der Waals surface area contributed by atoms with Crippen molar-refractivity contribution in [1.82, 2.24) is 24.1 Å². The maximum atomic E-state index is 12.8. The van der Waals surface area contributed by atoms with E-state index in [-0.39, 0.29) is 5.92 Å². The predicted octanol–water partition coefficient (Wildman–Crippen LogP) is 2.32. The van der Waals surface area contributed by atoms with Crippen LogP contribution in [0.5, 0.6) is 0 Å². The third kappa shape index (κ3) is 3.07. The molecular weight excluding hydrogens is 358 g/mol. The minimum atomic E-state index is -3.42. The first kappa shape index (κ1) is 16.6. The minimum absolute atomic E-state index is 0.278. The summed E-state index contributed by atoms with van der Waals surface area (Å²) >= 11 is 1.53. The van der Waals surface area contributed by atoms with E-state index in [0.717, 1.165) is 34.8 Å². The fraction of sp³-hybridized carbons (Fsp3) is 0.438. The highest BCUT2D eigenvalue weighted by Crippen LogP contribution is 2.32. The number of nitrogens with zero attached hydrogens (tertiary/aromatic N) is 5. The summed E-state index contributed by atoms with van der Waals surface area (Å²) in [5, 5.41) is 13.3. The third-order valence-corrected chi connectivity index (χ3v) is 7.66. The molecule has 0 N–H and O–H groups in total. The number of sulfonamides is 1. The lowest BCUT2D eigenvalue weighted by Gasteiger charge is -2.30. The smallest absolute Gasteiger partial charge is 0.207 e. The first-order valence-corrected chi connectivity index (χ1v) is 10.6. The van der Waals surface area contributed by atoms with E-state index in [1.54, 1.807) is 27.3 Å². The lowest BCUT2D eigenvalue weighted by Crippen LogP contribution is -2.37. The number of hydrogen-bond acceptors (Lipinski definition) is 6. The van der Waals surface area contributed by atoms with Gasteiger partial charge in [-0.1, -0.05) is 30.4 Å². The van der Waals surface area contributed by atoms with E-state index in [0.29, 0.717) is 18.0 Å². The maximum absolute atomic E-state index is 12.8. The largest absolute Gasteiger partial charge is 0.243 e. The zero-order valence-electron chi connectivity index (χ0n) is 13.9. The van der Waals surface area contributed by atoms with Crippen LogP contribution in [0.25, 0.3) is 4.96 Å². The lowest BCUT2D eigenvalue weighted by molar-refractivity contribution is 0.318. The first-order valence-electron chi connectivity index (χ1n) is 8.34. The zero-order chi connectivity index (χ0) is 17.4. The predicted molar refractivity (Wildman–Crippen MR) is 95.2 cm³/mol. The van der Waals surface area contributed by atoms with Crippen molar-refractivity contribution in [2.75, 3.05) is 13.1 Å². The second kappa shape index (κ2) is 6.47. The van der Waals surface area contributed by atoms with Crippen molar-refractivity contribution in [3.8, 4) is 0 Å². The van der Waals surface area contributed by atoms with Crippen molar-refractivity contribution < 1.29 is 8.42 Å². The summed E-state index contributed by atoms with van der Waals surface area (Å²) in [6.45, 7) is 3.09. The Labute approximate surface area is 150 Å². The van der Waals surface area contributed by atoms with Crippen LogP contribution < -0.4 is 0 Å². The van der Waals surface area contributed by atoms with Crippen LogP contribution in [0.4, 0.5) is 0 Å². The highest BCUT2D eigenvalue weighted by molar-refractivity contribution is 7.89. The SMILES string of the molecule is CCc1ccc(S(=O)(=O)N2CCC(c3nn4cnnc4s3)CC2)cc1. The fourth-order valence-corrected chi connectivity index (χ4v) is 5.59. The van der Waals surface area contributed by atoms with Crippen LogP contribution in [0.15, 0.2) is 35.5 Å². The summed E-state index contributed by atoms with van der Waals surface area (Å²) in [5.74, 6) is 0.278. The van der Waals surface area contributed by atoms with E-state index in [4.69, 9.17) is 0 Å². The number of aromatic nitrogens is 4. The Bertz CT molecular complexity index is 941. The van der Waals surface area contributed by atoms with Crippen LogP contribution in [-0.4, -0.2) is 45.6 Å². The molecule has 0 amide bonds. The molecule has 1 aliphatic rings. The van der Waals surface area contributed by atoms with Gasteiger partial charge >= 0.3 is 0 Å². The Morgan fingerprint density at radius 2 is 1.92 bits per heavy atom. The molecule has 3 aromatic rings. The van der Waals surface area contributed by atoms with Crippen LogP contribution in [0.3, 0.4) is 0 Å². The Balaban J connectivity index is 1.47. The van der Waals surface area contributed by atoms with Gasteiger partial charge in [-0.3, -0.25) is 0 Å². The molecule has 1 saturated heterocycles. The molecule has 2 aromatic heterocycles. The average molecular weight is 377 g/mol. The molecule has 132 valence electrons. The summed E-state index contributed by atoms with van der Waals surface area (Å²) in [7, 11) is -3.42. The molecule has 25 heavy (non-hydrogen) atoms. The summed E-state index contributed by atoms with van der Waals surface area (Å²) in [6.07, 6.45) is 4.04. The summed E-state index contributed by atoms with van der Waals surface area (Å²) in [4.78, 5) is 1.16. The average Bonchev–Trinajstić information content (AvgIpc) is 3.24. The molecule has 0 unspecified atom stereocenters. The highest BCUT2D eigenvalue weighted by Gasteiger charge is 2.31. The van der Waals surface area contributed by atoms with Crippen LogP contribution in [-0.2, 0) is 16.4 Å². The van der Waals surface area contributed by atoms with Gasteiger partial charge in [0.25, 0.3) is 0 Å². The van der Waals surface area contributed by atoms with E-state index in [1.807, 2.05) is 12.1 Å². The van der Waals surface area contributed by atoms with Crippen LogP contribution >= 0.6 is 11.3 Å². The van der Waals surface area contributed by atoms with Crippen molar-refractivity contribution in [2.45, 2.75) is 37.0 Å². The first-order chi connectivity index (χ1) is 12.1. The summed E-state index contributed by atoms with van der Waals surface area (Å²) in [5.41, 5.74) is 1.14. The van der Waals surface area contributed by atoms with Crippen LogP contribution in [0.2, 0.25) is 0 Å². The topological polar surface area (TPSA) is 80.5 Å². The second-order valence-electron chi connectivity index (χ2n) is 6.17. The fourth-order valence-electron chi connectivity index (χ4n) is 3.13. The van der Waals surface area contributed by atoms with Gasteiger partial charge in [-0.25, -0.2) is 8.42 Å². The van der Waals surface area contributed by atoms with Gasteiger partial charge in [0.05, 0.1) is 4.90 Å². The molecule has 4 rings (SSSR count). The standard InChI is InChI=1S/C16H19N5O2S2/c1-2-12-3-5-14(6-4-12)25(22,23)20-9-7-13(8-10-20)15-19-21-11-17-18-16(21)24-15/h3-6,11,13H,2,7-10H2,1H3. The molecule has 0 saturated carbocycles. The lowest BCUT2D eigenvalue weighted by atomic mass is 9.99. The molecule has 0 bridgehead atoms. The van der Waals surface area contributed by atoms with Crippen molar-refractivity contribution in [3.63, 3.8) is 0 Å². The van der Waals surface area contributed by atoms with E-state index in [9.17, 15) is 8.42 Å². The normalized spacial score (nSPS) is 17.3. The molecule has 1 aliphatic heterocycles. The number of rotatable bonds is 4. The Morgan fingerprint density at radius 3 is 2.56 bits per heavy atom. The minimum Gasteiger partial charge on any atom is -0.207 e. The Kier molecular flexibility index (Phi) is 4.30. The highest BCUT2D eigenvalue weighted by atomic mass is 32.2. The van der Waals surface area contributed by atoms with Gasteiger partial charge < -0.3 is 0 Å². The van der Waals surface area contributed by atoms with E-state index in [2.05, 4.69) is 22.2 Å². The van der Waals surface area contributed by atoms with E-state index >= 15 is 0 Å². The number of benzene rings is 1. The number of hydrogen-bond donors (Lipinski definition) is 0. The zero-order valence-corrected chi connectivity index (χ0v) is 15.5. The van der Waals surface area contributed by atoms with Crippen molar-refractivity contribution in [2.24, 2.45) is 0 Å². The van der Waals surface area contributed by atoms with Gasteiger partial charge in [0, 0.05) is 19.0 Å². The molecule has 0 aliphatic carbocycles. The van der Waals surface area contributed by atoms with E-state index in [1.165, 1.54) is 11.3 Å². The molecule has 3 heterocycles. The summed E-state index contributed by atoms with van der Waals surface area (Å²) < 4.78 is 28.9. The Hall–Kier alpha value is -1.84. The Morgan fingerprint density at radius 1 is 1.20 bits per heavy atom. The molecular formula is C16H19N5O2S2. The van der Waals surface area contributed by atoms with Gasteiger partial charge in [0.15, 0.2) is 0 Å². The molecule has 1 aromatic carbocycles. The monoisotopic (exact) mass is 377 g/mol. The van der Waals surface area contributed by atoms with Gasteiger partial charge in [-0.2, -0.15) is 13.9 Å². The molecule has 7 nitrogen and oxygen atoms in total. The summed E-state index contributed by atoms with van der Waals surface area (Å²) in [6, 6.07) is 7.20. The number of fused-ring (bicyclic) bond motifs is 1. The molecule has 0 spiro atoms. The van der Waals surface area contributed by atoms with Crippen LogP contribution in [0.1, 0.15) is 36.3 Å². The second-order valence-corrected chi connectivity index (χ2v) is 9.10. The van der Waals surface area contributed by atoms with Crippen molar-refractivity contribution >= 4 is 26.3 Å². The molecule has 9 heteroatoms. The van der Waals surface area contributed by atoms with Gasteiger partial charge in [0.1, 0.15) is 11.3 Å². The van der Waals surface area contributed by atoms with Gasteiger partial charge in [-0.05, 0) is 37.0 Å². The van der Waals surface area contributed by atoms with E-state index < -0.39 is 10.0 Å². The van der Waals surface area contributed by atoms with Crippen molar-refractivity contribution in [1.29, 1.82) is 0 Å². The van der Waals surface area contributed by atoms with Gasteiger partial charge in [-0.15, -0.1) is 10.2 Å². The molecule has 1 fully saturated rings. The molecule has 0 radical (unpaired) electrons. The molecule has 0 atom stereocenters. The van der Waals surface area contributed by atoms with Crippen molar-refractivity contribution in [3.05, 3.63) is 41.2 Å². The quantitative estimate of drug-likeness (QED) is 0.697. The third-order valence-electron chi connectivity index (χ3n) is 4.67. The van der Waals surface area contributed by atoms with Crippen LogP contribution in [0, 0.1) is 0 Å². The maximum Gasteiger partial charge on any atom is 0.243 e. The van der Waals surface area contributed by atoms with Gasteiger partial charge in [0.2, 0.25) is 15.0 Å². The number of piperidine rings is 1. The number of aryl methyl sites for hydroxylation is 1.